The number of rotatable bonds is 16. The number of nitrogens with one attached hydrogen (secondary N) is 1. The lowest BCUT2D eigenvalue weighted by Crippen LogP contribution is -2.68. The Morgan fingerprint density at radius 2 is 1.66 bits per heavy atom. The number of ether oxygens (including phenoxy) is 1. The summed E-state index contributed by atoms with van der Waals surface area (Å²) < 4.78 is 31.4. The molecule has 12 heteroatoms. The van der Waals surface area contributed by atoms with Gasteiger partial charge in [-0.05, 0) is 56.5 Å². The smallest absolute Gasteiger partial charge is 0.330 e. The quantitative estimate of drug-likeness (QED) is 0.0792. The normalized spacial score (nSPS) is 19.5. The van der Waals surface area contributed by atoms with Crippen LogP contribution in [0.15, 0.2) is 89.1 Å². The number of benzene rings is 2. The van der Waals surface area contributed by atoms with Gasteiger partial charge < -0.3 is 18.2 Å². The Kier molecular flexibility index (Phi) is 13.7. The summed E-state index contributed by atoms with van der Waals surface area (Å²) in [6.45, 7) is 21.0. The molecule has 1 unspecified atom stereocenters. The van der Waals surface area contributed by atoms with Crippen molar-refractivity contribution < 1.29 is 18.2 Å². The molecule has 10 nitrogen and oxygen atoms in total. The second-order valence-corrected chi connectivity index (χ2v) is 20.0. The lowest BCUT2D eigenvalue weighted by atomic mass is 10.1. The van der Waals surface area contributed by atoms with Gasteiger partial charge in [0.15, 0.2) is 0 Å². The first-order chi connectivity index (χ1) is 23.7. The van der Waals surface area contributed by atoms with E-state index in [0.717, 1.165) is 10.4 Å². The Labute approximate surface area is 299 Å². The Balaban J connectivity index is 1.89. The summed E-state index contributed by atoms with van der Waals surface area (Å²) in [5.74, 6) is 0. The molecule has 1 aromatic heterocycles. The van der Waals surface area contributed by atoms with Crippen molar-refractivity contribution in [2.75, 3.05) is 6.61 Å². The van der Waals surface area contributed by atoms with Crippen molar-refractivity contribution >= 4 is 27.2 Å². The molecule has 1 aliphatic heterocycles. The fourth-order valence-corrected chi connectivity index (χ4v) is 13.3. The third-order valence-corrected chi connectivity index (χ3v) is 16.2. The molecule has 2 heterocycles. The van der Waals surface area contributed by atoms with Gasteiger partial charge >= 0.3 is 5.69 Å². The highest BCUT2D eigenvalue weighted by Gasteiger charge is 2.55. The SMILES string of the molecule is C=CC[C@H](OP(OCCC#N)N(C(C)C)C(C)C)[C@H]1O[C@@H](n2cc(C)c(=O)[nH]c2=O)C[C@@H]1O[Si](c1ccccc1)(c1ccccc1)C(C)(C)C. The lowest BCUT2D eigenvalue weighted by molar-refractivity contribution is -0.0744. The van der Waals surface area contributed by atoms with Gasteiger partial charge in [-0.25, -0.2) is 9.46 Å². The van der Waals surface area contributed by atoms with Gasteiger partial charge in [0.25, 0.3) is 22.4 Å². The molecule has 1 fully saturated rings. The highest BCUT2D eigenvalue weighted by Crippen LogP contribution is 2.50. The van der Waals surface area contributed by atoms with Crippen molar-refractivity contribution in [3.8, 4) is 6.07 Å². The molecule has 4 rings (SSSR count). The minimum atomic E-state index is -3.09. The fourth-order valence-electron chi connectivity index (χ4n) is 6.81. The van der Waals surface area contributed by atoms with Crippen LogP contribution in [0, 0.1) is 18.3 Å². The Morgan fingerprint density at radius 1 is 1.08 bits per heavy atom. The summed E-state index contributed by atoms with van der Waals surface area (Å²) in [4.78, 5) is 28.0. The van der Waals surface area contributed by atoms with Crippen LogP contribution in [0.4, 0.5) is 0 Å². The number of aryl methyl sites for hydroxylation is 1. The van der Waals surface area contributed by atoms with Crippen LogP contribution in [-0.2, 0) is 18.2 Å². The van der Waals surface area contributed by atoms with E-state index in [1.807, 2.05) is 36.4 Å². The summed E-state index contributed by atoms with van der Waals surface area (Å²) >= 11 is 0. The van der Waals surface area contributed by atoms with Crippen molar-refractivity contribution in [2.24, 2.45) is 0 Å². The summed E-state index contributed by atoms with van der Waals surface area (Å²) in [5.41, 5.74) is -0.583. The van der Waals surface area contributed by atoms with Crippen LogP contribution in [0.3, 0.4) is 0 Å². The van der Waals surface area contributed by atoms with Gasteiger partial charge in [0, 0.05) is 30.3 Å². The topological polar surface area (TPSA) is 119 Å². The molecule has 1 N–H and O–H groups in total. The van der Waals surface area contributed by atoms with E-state index < -0.39 is 52.6 Å². The molecule has 2 aromatic carbocycles. The average molecular weight is 721 g/mol. The largest absolute Gasteiger partial charge is 0.402 e. The highest BCUT2D eigenvalue weighted by molar-refractivity contribution is 7.44. The molecule has 0 radical (unpaired) electrons. The van der Waals surface area contributed by atoms with E-state index in [2.05, 4.69) is 95.0 Å². The van der Waals surface area contributed by atoms with Gasteiger partial charge in [0.1, 0.15) is 12.3 Å². The third kappa shape index (κ3) is 8.80. The molecule has 3 aromatic rings. The van der Waals surface area contributed by atoms with Crippen LogP contribution in [0.2, 0.25) is 5.04 Å². The van der Waals surface area contributed by atoms with Gasteiger partial charge in [-0.3, -0.25) is 14.3 Å². The number of aromatic amines is 1. The minimum Gasteiger partial charge on any atom is -0.402 e. The van der Waals surface area contributed by atoms with Crippen molar-refractivity contribution in [1.29, 1.82) is 5.26 Å². The first-order valence-electron chi connectivity index (χ1n) is 17.4. The number of nitriles is 1. The van der Waals surface area contributed by atoms with E-state index >= 15 is 0 Å². The monoisotopic (exact) mass is 720 g/mol. The minimum absolute atomic E-state index is 0.0941. The van der Waals surface area contributed by atoms with Crippen LogP contribution >= 0.6 is 8.53 Å². The van der Waals surface area contributed by atoms with Crippen LogP contribution in [-0.4, -0.2) is 59.5 Å². The number of H-pyrrole nitrogens is 1. The Hall–Kier alpha value is -3.20. The first-order valence-corrected chi connectivity index (χ1v) is 20.4. The van der Waals surface area contributed by atoms with Crippen molar-refractivity contribution in [1.82, 2.24) is 14.2 Å². The van der Waals surface area contributed by atoms with Crippen LogP contribution in [0.1, 0.15) is 79.5 Å². The molecule has 0 bridgehead atoms. The third-order valence-electron chi connectivity index (χ3n) is 8.97. The van der Waals surface area contributed by atoms with Gasteiger partial charge in [0.05, 0.1) is 31.3 Å². The maximum Gasteiger partial charge on any atom is 0.330 e. The number of hydrogen-bond acceptors (Lipinski definition) is 8. The zero-order valence-electron chi connectivity index (χ0n) is 30.7. The van der Waals surface area contributed by atoms with Gasteiger partial charge in [-0.1, -0.05) is 87.5 Å². The predicted octanol–water partition coefficient (Wildman–Crippen LogP) is 6.32. The maximum atomic E-state index is 13.2. The van der Waals surface area contributed by atoms with Crippen molar-refractivity contribution in [3.05, 3.63) is 106 Å². The Morgan fingerprint density at radius 3 is 2.16 bits per heavy atom. The fraction of sp³-hybridized carbons (Fsp3) is 0.500. The molecular formula is C38H53N4O6PSi. The van der Waals surface area contributed by atoms with Crippen LogP contribution in [0.25, 0.3) is 0 Å². The number of aromatic nitrogens is 2. The van der Waals surface area contributed by atoms with E-state index in [9.17, 15) is 14.9 Å². The summed E-state index contributed by atoms with van der Waals surface area (Å²) in [5, 5.41) is 11.2. The molecule has 1 saturated heterocycles. The molecule has 0 aliphatic carbocycles. The van der Waals surface area contributed by atoms with Crippen molar-refractivity contribution in [2.45, 2.75) is 116 Å². The maximum absolute atomic E-state index is 13.2. The molecule has 0 amide bonds. The molecule has 1 aliphatic rings. The highest BCUT2D eigenvalue weighted by atomic mass is 31.2. The second-order valence-electron chi connectivity index (χ2n) is 14.3. The van der Waals surface area contributed by atoms with E-state index in [-0.39, 0.29) is 30.1 Å². The molecule has 270 valence electrons. The van der Waals surface area contributed by atoms with Crippen LogP contribution in [0.5, 0.6) is 0 Å². The van der Waals surface area contributed by atoms with Gasteiger partial charge in [-0.2, -0.15) is 5.26 Å². The number of nitrogens with zero attached hydrogens (tertiary/aromatic N) is 3. The molecule has 0 saturated carbocycles. The molecule has 50 heavy (non-hydrogen) atoms. The second kappa shape index (κ2) is 17.3. The van der Waals surface area contributed by atoms with Gasteiger partial charge in [-0.15, -0.1) is 6.58 Å². The zero-order chi connectivity index (χ0) is 36.6. The molecular weight excluding hydrogens is 668 g/mol. The summed E-state index contributed by atoms with van der Waals surface area (Å²) in [6, 6.07) is 23.1. The number of hydrogen-bond donors (Lipinski definition) is 1. The van der Waals surface area contributed by atoms with E-state index in [4.69, 9.17) is 18.2 Å². The summed E-state index contributed by atoms with van der Waals surface area (Å²) in [7, 11) is -4.73. The van der Waals surface area contributed by atoms with E-state index in [1.54, 1.807) is 19.2 Å². The molecule has 5 atom stereocenters. The first kappa shape index (κ1) is 39.6. The average Bonchev–Trinajstić information content (AvgIpc) is 3.48. The Bertz CT molecular complexity index is 1650. The lowest BCUT2D eigenvalue weighted by Gasteiger charge is -2.46. The predicted molar refractivity (Wildman–Crippen MR) is 202 cm³/mol. The van der Waals surface area contributed by atoms with E-state index in [1.165, 1.54) is 4.57 Å². The van der Waals surface area contributed by atoms with Crippen molar-refractivity contribution in [3.63, 3.8) is 0 Å². The van der Waals surface area contributed by atoms with Crippen LogP contribution < -0.4 is 21.6 Å². The zero-order valence-corrected chi connectivity index (χ0v) is 32.6. The van der Waals surface area contributed by atoms with E-state index in [0.29, 0.717) is 18.4 Å². The summed E-state index contributed by atoms with van der Waals surface area (Å²) in [6.07, 6.45) is 1.85. The molecule has 0 spiro atoms. The standard InChI is InChI=1S/C38H53N4O6PSi/c1-10-18-32(47-49(45-24-17-23-39)42(27(2)3)28(4)5)35-33(25-34(46-35)41-26-29(6)36(43)40-37(41)44)48-50(38(7,8)9,30-19-13-11-14-20-30)31-21-15-12-16-22-31/h10-16,19-22,26-28,32-35H,1,17-18,24-25H2,2-9H3,(H,40,43,44)/t32-,33-,34+,35+,49?/m0/s1. The van der Waals surface area contributed by atoms with Gasteiger partial charge in [0.2, 0.25) is 0 Å².